The van der Waals surface area contributed by atoms with Crippen LogP contribution in [0.25, 0.3) is 0 Å². The first-order valence-corrected chi connectivity index (χ1v) is 9.02. The summed E-state index contributed by atoms with van der Waals surface area (Å²) in [6.45, 7) is 4.02. The summed E-state index contributed by atoms with van der Waals surface area (Å²) in [5, 5.41) is 7.85. The first kappa shape index (κ1) is 21.2. The third-order valence-corrected chi connectivity index (χ3v) is 5.61. The highest BCUT2D eigenvalue weighted by Crippen LogP contribution is 2.31. The van der Waals surface area contributed by atoms with Crippen LogP contribution in [-0.2, 0) is 21.7 Å². The second-order valence-electron chi connectivity index (χ2n) is 7.75. The zero-order chi connectivity index (χ0) is 18.9. The Morgan fingerprint density at radius 2 is 1.89 bits per heavy atom. The monoisotopic (exact) mass is 394 g/mol. The van der Waals surface area contributed by atoms with E-state index in [2.05, 4.69) is 16.0 Å². The van der Waals surface area contributed by atoms with Gasteiger partial charge >= 0.3 is 6.03 Å². The summed E-state index contributed by atoms with van der Waals surface area (Å²) >= 11 is 0. The van der Waals surface area contributed by atoms with Crippen LogP contribution in [0.1, 0.15) is 50.7 Å². The zero-order valence-corrected chi connectivity index (χ0v) is 16.4. The molecule has 0 radical (unpaired) electrons. The lowest BCUT2D eigenvalue weighted by atomic mass is 9.74. The van der Waals surface area contributed by atoms with Gasteiger partial charge in [0, 0.05) is 12.1 Å². The van der Waals surface area contributed by atoms with Gasteiger partial charge in [0.15, 0.2) is 0 Å². The van der Waals surface area contributed by atoms with E-state index < -0.39 is 17.1 Å². The van der Waals surface area contributed by atoms with Crippen LogP contribution in [0, 0.1) is 5.92 Å². The topological polar surface area (TPSA) is 113 Å². The van der Waals surface area contributed by atoms with Crippen molar-refractivity contribution in [2.24, 2.45) is 11.7 Å². The number of nitrogens with two attached hydrogens (primary N) is 1. The number of rotatable bonds is 4. The maximum absolute atomic E-state index is 12.5. The molecule has 2 aliphatic rings. The molecule has 0 spiro atoms. The Kier molecular flexibility index (Phi) is 6.17. The molecular formula is C19H27ClN4O3. The molecule has 0 bridgehead atoms. The molecule has 27 heavy (non-hydrogen) atoms. The van der Waals surface area contributed by atoms with E-state index >= 15 is 0 Å². The van der Waals surface area contributed by atoms with Gasteiger partial charge in [0.25, 0.3) is 5.91 Å². The van der Waals surface area contributed by atoms with E-state index in [-0.39, 0.29) is 30.1 Å². The summed E-state index contributed by atoms with van der Waals surface area (Å²) in [6.07, 6.45) is 3.80. The molecule has 3 atom stereocenters. The number of benzene rings is 1. The van der Waals surface area contributed by atoms with Gasteiger partial charge in [0.2, 0.25) is 5.91 Å². The number of amides is 4. The predicted molar refractivity (Wildman–Crippen MR) is 104 cm³/mol. The Bertz CT molecular complexity index is 735. The van der Waals surface area contributed by atoms with Gasteiger partial charge in [0.05, 0.1) is 5.92 Å². The van der Waals surface area contributed by atoms with Gasteiger partial charge in [-0.15, -0.1) is 12.4 Å². The fraction of sp³-hybridized carbons (Fsp3) is 0.526. The summed E-state index contributed by atoms with van der Waals surface area (Å²) in [4.78, 5) is 35.9. The van der Waals surface area contributed by atoms with E-state index in [1.165, 1.54) is 0 Å². The Morgan fingerprint density at radius 3 is 2.44 bits per heavy atom. The molecule has 3 rings (SSSR count). The van der Waals surface area contributed by atoms with Crippen molar-refractivity contribution in [1.82, 2.24) is 16.0 Å². The fourth-order valence-corrected chi connectivity index (χ4v) is 3.80. The zero-order valence-electron chi connectivity index (χ0n) is 15.6. The Morgan fingerprint density at radius 1 is 1.22 bits per heavy atom. The number of carbonyl (C=O) groups excluding carboxylic acids is 3. The minimum atomic E-state index is -1.07. The lowest BCUT2D eigenvalue weighted by molar-refractivity contribution is -0.128. The van der Waals surface area contributed by atoms with E-state index in [0.29, 0.717) is 12.1 Å². The highest BCUT2D eigenvalue weighted by atomic mass is 35.5. The summed E-state index contributed by atoms with van der Waals surface area (Å²) in [5.74, 6) is -0.539. The van der Waals surface area contributed by atoms with Gasteiger partial charge in [-0.1, -0.05) is 37.1 Å². The van der Waals surface area contributed by atoms with Crippen molar-refractivity contribution in [3.8, 4) is 0 Å². The second-order valence-corrected chi connectivity index (χ2v) is 7.75. The van der Waals surface area contributed by atoms with Crippen LogP contribution in [0.15, 0.2) is 24.3 Å². The van der Waals surface area contributed by atoms with Crippen molar-refractivity contribution < 1.29 is 14.4 Å². The largest absolute Gasteiger partial charge is 0.352 e. The predicted octanol–water partition coefficient (Wildman–Crippen LogP) is 1.69. The van der Waals surface area contributed by atoms with E-state index in [1.54, 1.807) is 19.1 Å². The van der Waals surface area contributed by atoms with Gasteiger partial charge in [-0.2, -0.15) is 0 Å². The number of nitrogens with one attached hydrogen (secondary N) is 3. The Hall–Kier alpha value is -2.12. The molecule has 5 N–H and O–H groups in total. The average molecular weight is 395 g/mol. The van der Waals surface area contributed by atoms with Gasteiger partial charge in [-0.3, -0.25) is 14.9 Å². The number of imide groups is 1. The van der Waals surface area contributed by atoms with Crippen molar-refractivity contribution in [3.63, 3.8) is 0 Å². The van der Waals surface area contributed by atoms with Crippen molar-refractivity contribution in [1.29, 1.82) is 0 Å². The fourth-order valence-electron chi connectivity index (χ4n) is 3.80. The molecule has 2 fully saturated rings. The van der Waals surface area contributed by atoms with E-state index in [9.17, 15) is 14.4 Å². The maximum Gasteiger partial charge on any atom is 0.322 e. The van der Waals surface area contributed by atoms with Crippen LogP contribution >= 0.6 is 12.4 Å². The van der Waals surface area contributed by atoms with Gasteiger partial charge < -0.3 is 16.4 Å². The Balaban J connectivity index is 0.00000261. The lowest BCUT2D eigenvalue weighted by Gasteiger charge is -2.37. The van der Waals surface area contributed by atoms with E-state index in [4.69, 9.17) is 5.73 Å². The number of halogens is 1. The summed E-state index contributed by atoms with van der Waals surface area (Å²) < 4.78 is 0. The molecule has 148 valence electrons. The van der Waals surface area contributed by atoms with Crippen molar-refractivity contribution in [3.05, 3.63) is 35.4 Å². The smallest absolute Gasteiger partial charge is 0.322 e. The molecule has 1 aromatic rings. The van der Waals surface area contributed by atoms with E-state index in [1.807, 2.05) is 19.1 Å². The molecule has 1 saturated heterocycles. The van der Waals surface area contributed by atoms with Crippen LogP contribution in [0.3, 0.4) is 0 Å². The van der Waals surface area contributed by atoms with Crippen molar-refractivity contribution >= 4 is 30.3 Å². The van der Waals surface area contributed by atoms with Gasteiger partial charge in [0.1, 0.15) is 5.54 Å². The molecule has 1 aliphatic heterocycles. The summed E-state index contributed by atoms with van der Waals surface area (Å²) in [5.41, 5.74) is 6.38. The van der Waals surface area contributed by atoms with Gasteiger partial charge in [-0.05, 0) is 37.8 Å². The normalized spacial score (nSPS) is 30.1. The van der Waals surface area contributed by atoms with Crippen LogP contribution < -0.4 is 21.7 Å². The highest BCUT2D eigenvalue weighted by Gasteiger charge is 2.43. The first-order chi connectivity index (χ1) is 12.2. The van der Waals surface area contributed by atoms with E-state index in [0.717, 1.165) is 31.2 Å². The average Bonchev–Trinajstić information content (AvgIpc) is 2.86. The van der Waals surface area contributed by atoms with Crippen LogP contribution in [-0.4, -0.2) is 23.4 Å². The molecular weight excluding hydrogens is 368 g/mol. The lowest BCUT2D eigenvalue weighted by Crippen LogP contribution is -2.52. The van der Waals surface area contributed by atoms with Crippen molar-refractivity contribution in [2.75, 3.05) is 0 Å². The Labute approximate surface area is 165 Å². The molecule has 1 saturated carbocycles. The SMILES string of the molecule is CC1(c2ccc(CNC(=O)C3CCCCC3(C)N)cc2)NC(=O)NC1=O.Cl. The quantitative estimate of drug-likeness (QED) is 0.582. The maximum atomic E-state index is 12.5. The van der Waals surface area contributed by atoms with Crippen LogP contribution in [0.5, 0.6) is 0 Å². The minimum Gasteiger partial charge on any atom is -0.352 e. The van der Waals surface area contributed by atoms with Gasteiger partial charge in [-0.25, -0.2) is 4.79 Å². The van der Waals surface area contributed by atoms with Crippen LogP contribution in [0.4, 0.5) is 4.79 Å². The highest BCUT2D eigenvalue weighted by molar-refractivity contribution is 6.07. The summed E-state index contributed by atoms with van der Waals surface area (Å²) in [6, 6.07) is 6.79. The third kappa shape index (κ3) is 4.25. The molecule has 3 unspecified atom stereocenters. The third-order valence-electron chi connectivity index (χ3n) is 5.61. The number of carbonyl (C=O) groups is 3. The molecule has 1 heterocycles. The second kappa shape index (κ2) is 7.86. The number of hydrogen-bond acceptors (Lipinski definition) is 4. The number of urea groups is 1. The van der Waals surface area contributed by atoms with Crippen LogP contribution in [0.2, 0.25) is 0 Å². The number of hydrogen-bond donors (Lipinski definition) is 4. The molecule has 0 aromatic heterocycles. The molecule has 7 nitrogen and oxygen atoms in total. The van der Waals surface area contributed by atoms with Crippen molar-refractivity contribution in [2.45, 2.75) is 57.2 Å². The molecule has 8 heteroatoms. The minimum absolute atomic E-state index is 0. The molecule has 1 aromatic carbocycles. The first-order valence-electron chi connectivity index (χ1n) is 9.02. The molecule has 4 amide bonds. The summed E-state index contributed by atoms with van der Waals surface area (Å²) in [7, 11) is 0. The molecule has 1 aliphatic carbocycles. The standard InChI is InChI=1S/C19H26N4O3.ClH/c1-18(20)10-4-3-5-14(18)15(24)21-11-12-6-8-13(9-7-12)19(2)16(25)22-17(26)23-19;/h6-9,14H,3-5,10-11,20H2,1-2H3,(H,21,24)(H2,22,23,25,26);1H.